The molecule has 3 N–H and O–H groups in total. The van der Waals surface area contributed by atoms with Crippen molar-refractivity contribution in [3.8, 4) is 17.2 Å². The number of benzene rings is 2. The number of carbonyl (C=O) groups excluding carboxylic acids is 4. The summed E-state index contributed by atoms with van der Waals surface area (Å²) >= 11 is 0. The highest BCUT2D eigenvalue weighted by molar-refractivity contribution is 6.31. The average Bonchev–Trinajstić information content (AvgIpc) is 3.76. The maximum atomic E-state index is 14.5. The van der Waals surface area contributed by atoms with Crippen LogP contribution in [0.3, 0.4) is 0 Å². The zero-order valence-corrected chi connectivity index (χ0v) is 32.4. The summed E-state index contributed by atoms with van der Waals surface area (Å²) in [5.74, 6) is -3.38. The molecule has 2 aromatic carbocycles. The van der Waals surface area contributed by atoms with Gasteiger partial charge in [0.25, 0.3) is 11.8 Å². The quantitative estimate of drug-likeness (QED) is 0.288. The number of allylic oxidation sites excluding steroid dienone is 1. The number of ether oxygens (including phenoxy) is 6. The van der Waals surface area contributed by atoms with Crippen LogP contribution >= 0.6 is 0 Å². The van der Waals surface area contributed by atoms with Gasteiger partial charge in [0.2, 0.25) is 5.78 Å². The summed E-state index contributed by atoms with van der Waals surface area (Å²) in [4.78, 5) is 62.3. The van der Waals surface area contributed by atoms with Crippen LogP contribution in [0.2, 0.25) is 0 Å². The summed E-state index contributed by atoms with van der Waals surface area (Å²) in [7, 11) is 2.91. The van der Waals surface area contributed by atoms with Crippen molar-refractivity contribution in [2.75, 3.05) is 60.2 Å². The molecule has 0 saturated carbocycles. The van der Waals surface area contributed by atoms with E-state index in [1.807, 2.05) is 11.8 Å². The lowest BCUT2D eigenvalue weighted by Crippen LogP contribution is -2.59. The Morgan fingerprint density at radius 1 is 0.983 bits per heavy atom. The Balaban J connectivity index is 1.05. The average molecular weight is 803 g/mol. The highest BCUT2D eigenvalue weighted by Crippen LogP contribution is 2.53. The molecule has 2 aromatic rings. The number of amides is 2. The van der Waals surface area contributed by atoms with Gasteiger partial charge in [0, 0.05) is 93.6 Å². The van der Waals surface area contributed by atoms with Gasteiger partial charge in [-0.2, -0.15) is 0 Å². The topological polar surface area (TPSA) is 197 Å². The molecular weight excluding hydrogens is 756 g/mol. The van der Waals surface area contributed by atoms with Crippen LogP contribution in [0.5, 0.6) is 17.2 Å². The van der Waals surface area contributed by atoms with Gasteiger partial charge in [-0.1, -0.05) is 18.7 Å². The number of phenols is 2. The molecule has 2 aliphatic carbocycles. The summed E-state index contributed by atoms with van der Waals surface area (Å²) in [5.41, 5.74) is -2.64. The van der Waals surface area contributed by atoms with E-state index in [1.165, 1.54) is 30.2 Å². The molecule has 2 amide bonds. The molecule has 17 nitrogen and oxygen atoms in total. The van der Waals surface area contributed by atoms with Crippen LogP contribution in [0.1, 0.15) is 68.8 Å². The second-order valence-corrected chi connectivity index (χ2v) is 15.8. The van der Waals surface area contributed by atoms with Crippen LogP contribution in [0.4, 0.5) is 0 Å². The van der Waals surface area contributed by atoms with Crippen LogP contribution in [0, 0.1) is 0 Å². The van der Waals surface area contributed by atoms with Gasteiger partial charge in [-0.05, 0) is 19.1 Å². The number of carbonyl (C=O) groups is 4. The van der Waals surface area contributed by atoms with Crippen molar-refractivity contribution in [3.63, 3.8) is 0 Å². The number of aromatic hydroxyl groups is 2. The number of rotatable bonds is 7. The molecule has 0 unspecified atom stereocenters. The van der Waals surface area contributed by atoms with E-state index in [0.717, 1.165) is 0 Å². The Kier molecular flexibility index (Phi) is 9.71. The second-order valence-electron chi connectivity index (χ2n) is 15.8. The Bertz CT molecular complexity index is 2120. The Morgan fingerprint density at radius 2 is 1.74 bits per heavy atom. The number of nitrogens with zero attached hydrogens (tertiary/aromatic N) is 4. The van der Waals surface area contributed by atoms with Gasteiger partial charge >= 0.3 is 0 Å². The number of phenolic OH excluding ortho intramolecular Hbond substituents is 2. The van der Waals surface area contributed by atoms with Gasteiger partial charge in [0.05, 0.1) is 49.3 Å². The fourth-order valence-electron chi connectivity index (χ4n) is 9.73. The van der Waals surface area contributed by atoms with Gasteiger partial charge < -0.3 is 48.6 Å². The SMILES string of the molecule is C=C1C=CC(=O)N1CN1CCN(C(=O)[C@]2(O)Cc3c(O)c4c(c(O)c3[C@@H](O[C@H]3C[C@H]5[C@H](O[C@@H]6[C@@H](OC)OCCN65)[C@H](C)O3)C2)C(=O)c2c(OC)cccc2C4=O)CC1. The highest BCUT2D eigenvalue weighted by Gasteiger charge is 2.56. The normalized spacial score (nSPS) is 32.2. The molecule has 7 aliphatic rings. The molecule has 8 atom stereocenters. The number of hydrogen-bond acceptors (Lipinski definition) is 15. The van der Waals surface area contributed by atoms with Gasteiger partial charge in [-0.3, -0.25) is 33.9 Å². The first-order chi connectivity index (χ1) is 27.8. The van der Waals surface area contributed by atoms with Crippen molar-refractivity contribution >= 4 is 23.4 Å². The minimum Gasteiger partial charge on any atom is -0.507 e. The lowest BCUT2D eigenvalue weighted by molar-refractivity contribution is -0.256. The van der Waals surface area contributed by atoms with E-state index >= 15 is 0 Å². The number of methoxy groups -OCH3 is 2. The minimum absolute atomic E-state index is 0.0214. The minimum atomic E-state index is -2.18. The standard InChI is InChI=1S/C41H46N4O13/c1-20-8-9-27(46)45(20)19-42-10-12-43(13-11-42)40(51)41(52)17-23-30(36(50)32-31(34(23)48)33(47)22-6-5-7-25(53-3)29(22)35(32)49)26(18-41)57-28-16-24-37(21(2)56-28)58-38-39(54-4)55-15-14-44(24)38/h5-9,21,24,26,28,37-39,48,50,52H,1,10-19H2,2-4H3/t21-,24-,26-,28-,37+,38+,39-,41-/m0/s1. The van der Waals surface area contributed by atoms with E-state index in [9.17, 15) is 34.5 Å². The lowest BCUT2D eigenvalue weighted by atomic mass is 9.72. The van der Waals surface area contributed by atoms with Crippen LogP contribution in [0.25, 0.3) is 0 Å². The fraction of sp³-hybridized carbons (Fsp3) is 0.512. The van der Waals surface area contributed by atoms with Crippen molar-refractivity contribution in [3.05, 3.63) is 76.0 Å². The molecule has 0 bridgehead atoms. The fourth-order valence-corrected chi connectivity index (χ4v) is 9.73. The Morgan fingerprint density at radius 3 is 2.45 bits per heavy atom. The molecular formula is C41H46N4O13. The van der Waals surface area contributed by atoms with Crippen LogP contribution < -0.4 is 4.74 Å². The molecule has 58 heavy (non-hydrogen) atoms. The van der Waals surface area contributed by atoms with E-state index in [0.29, 0.717) is 45.0 Å². The number of morpholine rings is 1. The first-order valence-electron chi connectivity index (χ1n) is 19.5. The van der Waals surface area contributed by atoms with Crippen LogP contribution in [-0.2, 0) is 39.7 Å². The number of fused-ring (bicyclic) bond motifs is 6. The molecule has 0 spiro atoms. The third-order valence-corrected chi connectivity index (χ3v) is 12.6. The Hall–Kier alpha value is -4.72. The largest absolute Gasteiger partial charge is 0.507 e. The molecule has 5 aliphatic heterocycles. The van der Waals surface area contributed by atoms with E-state index in [1.54, 1.807) is 24.2 Å². The van der Waals surface area contributed by atoms with E-state index in [2.05, 4.69) is 11.5 Å². The van der Waals surface area contributed by atoms with E-state index in [4.69, 9.17) is 28.4 Å². The van der Waals surface area contributed by atoms with E-state index < -0.39 is 83.1 Å². The third-order valence-electron chi connectivity index (χ3n) is 12.6. The summed E-state index contributed by atoms with van der Waals surface area (Å²) in [6.07, 6.45) is -1.60. The summed E-state index contributed by atoms with van der Waals surface area (Å²) in [6, 6.07) is 4.32. The highest BCUT2D eigenvalue weighted by atomic mass is 16.7. The molecule has 308 valence electrons. The molecule has 4 saturated heterocycles. The zero-order chi connectivity index (χ0) is 40.8. The van der Waals surface area contributed by atoms with Crippen molar-refractivity contribution in [1.82, 2.24) is 19.6 Å². The first-order valence-corrected chi connectivity index (χ1v) is 19.5. The molecule has 0 aromatic heterocycles. The van der Waals surface area contributed by atoms with Crippen molar-refractivity contribution in [1.29, 1.82) is 0 Å². The van der Waals surface area contributed by atoms with Gasteiger partial charge in [-0.15, -0.1) is 0 Å². The second kappa shape index (κ2) is 14.5. The molecule has 9 rings (SSSR count). The van der Waals surface area contributed by atoms with Crippen LogP contribution in [-0.4, -0.2) is 161 Å². The van der Waals surface area contributed by atoms with Gasteiger partial charge in [0.1, 0.15) is 29.0 Å². The van der Waals surface area contributed by atoms with Crippen molar-refractivity contribution in [2.45, 2.75) is 74.9 Å². The predicted molar refractivity (Wildman–Crippen MR) is 200 cm³/mol. The maximum Gasteiger partial charge on any atom is 0.255 e. The smallest absolute Gasteiger partial charge is 0.255 e. The Labute approximate surface area is 333 Å². The summed E-state index contributed by atoms with van der Waals surface area (Å²) in [5, 5.41) is 36.6. The molecule has 0 radical (unpaired) electrons. The van der Waals surface area contributed by atoms with Crippen molar-refractivity contribution < 1.29 is 62.9 Å². The lowest BCUT2D eigenvalue weighted by Gasteiger charge is -2.45. The number of ketones is 2. The van der Waals surface area contributed by atoms with Gasteiger partial charge in [0.15, 0.2) is 24.6 Å². The third kappa shape index (κ3) is 6.06. The maximum absolute atomic E-state index is 14.5. The van der Waals surface area contributed by atoms with Crippen molar-refractivity contribution in [2.24, 2.45) is 0 Å². The molecule has 4 fully saturated rings. The summed E-state index contributed by atoms with van der Waals surface area (Å²) < 4.78 is 36.1. The zero-order valence-electron chi connectivity index (χ0n) is 32.4. The number of hydrogen-bond donors (Lipinski definition) is 3. The first kappa shape index (κ1) is 38.8. The number of aliphatic hydroxyl groups is 1. The van der Waals surface area contributed by atoms with Gasteiger partial charge in [-0.25, -0.2) is 0 Å². The van der Waals surface area contributed by atoms with E-state index in [-0.39, 0.29) is 65.6 Å². The monoisotopic (exact) mass is 802 g/mol. The summed E-state index contributed by atoms with van der Waals surface area (Å²) in [6.45, 7) is 8.31. The molecule has 5 heterocycles. The molecule has 17 heteroatoms. The van der Waals surface area contributed by atoms with Crippen LogP contribution in [0.15, 0.2) is 42.6 Å². The number of piperazine rings is 1. The predicted octanol–water partition coefficient (Wildman–Crippen LogP) is 1.16.